The Bertz CT molecular complexity index is 1090. The van der Waals surface area contributed by atoms with Crippen molar-refractivity contribution >= 4 is 29.4 Å². The van der Waals surface area contributed by atoms with Crippen LogP contribution in [-0.2, 0) is 9.53 Å². The fourth-order valence-corrected chi connectivity index (χ4v) is 6.69. The van der Waals surface area contributed by atoms with Crippen LogP contribution in [0.3, 0.4) is 0 Å². The number of carbonyl (C=O) groups is 1. The van der Waals surface area contributed by atoms with Crippen molar-refractivity contribution in [2.45, 2.75) is 69.9 Å². The van der Waals surface area contributed by atoms with E-state index < -0.39 is 23.9 Å². The van der Waals surface area contributed by atoms with Crippen molar-refractivity contribution in [2.75, 3.05) is 22.1 Å². The number of aromatic amines is 1. The zero-order chi connectivity index (χ0) is 23.6. The van der Waals surface area contributed by atoms with Gasteiger partial charge in [0.1, 0.15) is 17.7 Å². The molecule has 34 heavy (non-hydrogen) atoms. The summed E-state index contributed by atoms with van der Waals surface area (Å²) < 4.78 is 5.30. The fraction of sp³-hybridized carbons (Fsp3) is 0.652. The van der Waals surface area contributed by atoms with Gasteiger partial charge in [0.15, 0.2) is 5.82 Å². The lowest BCUT2D eigenvalue weighted by molar-refractivity contribution is -0.158. The van der Waals surface area contributed by atoms with Crippen LogP contribution in [0.15, 0.2) is 12.1 Å². The van der Waals surface area contributed by atoms with Crippen LogP contribution >= 0.6 is 0 Å². The van der Waals surface area contributed by atoms with E-state index in [0.29, 0.717) is 47.7 Å². The fourth-order valence-electron chi connectivity index (χ4n) is 6.69. The summed E-state index contributed by atoms with van der Waals surface area (Å²) in [5, 5.41) is 35.0. The van der Waals surface area contributed by atoms with Crippen LogP contribution in [0.1, 0.15) is 44.7 Å². The Balaban J connectivity index is 1.29. The maximum Gasteiger partial charge on any atom is 0.304 e. The maximum absolute atomic E-state index is 11.5. The van der Waals surface area contributed by atoms with Gasteiger partial charge in [0.05, 0.1) is 12.1 Å². The van der Waals surface area contributed by atoms with E-state index in [4.69, 9.17) is 14.7 Å². The molecule has 0 radical (unpaired) electrons. The van der Waals surface area contributed by atoms with Gasteiger partial charge in [0.25, 0.3) is 0 Å². The van der Waals surface area contributed by atoms with Crippen molar-refractivity contribution in [3.05, 3.63) is 17.8 Å². The van der Waals surface area contributed by atoms with Crippen LogP contribution in [0.2, 0.25) is 0 Å². The molecule has 182 valence electrons. The average molecular weight is 470 g/mol. The Labute approximate surface area is 197 Å². The van der Waals surface area contributed by atoms with Gasteiger partial charge in [-0.15, -0.1) is 0 Å². The lowest BCUT2D eigenvalue weighted by Crippen LogP contribution is -2.62. The van der Waals surface area contributed by atoms with Gasteiger partial charge in [0, 0.05) is 30.8 Å². The molecule has 5 aliphatic rings. The van der Waals surface area contributed by atoms with Crippen molar-refractivity contribution < 1.29 is 19.7 Å². The highest BCUT2D eigenvalue weighted by atomic mass is 16.6. The van der Waals surface area contributed by atoms with E-state index in [1.807, 2.05) is 13.0 Å². The maximum atomic E-state index is 11.5. The zero-order valence-corrected chi connectivity index (χ0v) is 19.4. The number of aliphatic hydroxyl groups is 2. The normalized spacial score (nSPS) is 35.7. The van der Waals surface area contributed by atoms with Gasteiger partial charge in [0.2, 0.25) is 12.2 Å². The molecule has 4 aliphatic carbocycles. The molecule has 4 bridgehead atoms. The van der Waals surface area contributed by atoms with Crippen molar-refractivity contribution in [1.82, 2.24) is 20.2 Å². The van der Waals surface area contributed by atoms with Crippen LogP contribution in [0.4, 0.5) is 23.4 Å². The van der Waals surface area contributed by atoms with E-state index in [-0.39, 0.29) is 6.04 Å². The quantitative estimate of drug-likeness (QED) is 0.396. The second-order valence-electron chi connectivity index (χ2n) is 10.6. The number of ether oxygens (including phenoxy) is 1. The second-order valence-corrected chi connectivity index (χ2v) is 10.6. The molecular formula is C23H31N7O4. The molecule has 0 aromatic carbocycles. The monoisotopic (exact) mass is 469 g/mol. The van der Waals surface area contributed by atoms with Crippen molar-refractivity contribution in [3.63, 3.8) is 0 Å². The molecule has 11 nitrogen and oxygen atoms in total. The first-order valence-electron chi connectivity index (χ1n) is 12.0. The number of hydrogen-bond acceptors (Lipinski definition) is 10. The number of nitrogens with zero attached hydrogens (tertiary/aromatic N) is 4. The number of H-pyrrole nitrogens is 1. The van der Waals surface area contributed by atoms with Gasteiger partial charge in [-0.05, 0) is 56.8 Å². The third-order valence-corrected chi connectivity index (χ3v) is 7.81. The summed E-state index contributed by atoms with van der Waals surface area (Å²) in [6.45, 7) is 3.55. The topological polar surface area (TPSA) is 149 Å². The van der Waals surface area contributed by atoms with Crippen LogP contribution in [-0.4, -0.2) is 66.9 Å². The Morgan fingerprint density at radius 3 is 2.59 bits per heavy atom. The highest BCUT2D eigenvalue weighted by Gasteiger charge is 2.55. The Morgan fingerprint density at radius 2 is 1.97 bits per heavy atom. The van der Waals surface area contributed by atoms with Gasteiger partial charge in [-0.25, -0.2) is 0 Å². The molecule has 0 spiro atoms. The average Bonchev–Trinajstić information content (AvgIpc) is 3.16. The van der Waals surface area contributed by atoms with Crippen LogP contribution in [0.25, 0.3) is 0 Å². The molecule has 11 heteroatoms. The predicted octanol–water partition coefficient (Wildman–Crippen LogP) is 1.67. The second kappa shape index (κ2) is 7.81. The molecule has 3 heterocycles. The first-order chi connectivity index (χ1) is 16.2. The van der Waals surface area contributed by atoms with Gasteiger partial charge < -0.3 is 30.5 Å². The lowest BCUT2D eigenvalue weighted by atomic mass is 9.52. The molecule has 1 aliphatic heterocycles. The smallest absolute Gasteiger partial charge is 0.304 e. The molecular weight excluding hydrogens is 438 g/mol. The van der Waals surface area contributed by atoms with E-state index in [1.54, 1.807) is 11.0 Å². The van der Waals surface area contributed by atoms with Gasteiger partial charge in [-0.1, -0.05) is 0 Å². The number of carbonyl (C=O) groups excluding carboxylic acids is 1. The number of nitrogens with one attached hydrogen (secondary N) is 3. The summed E-state index contributed by atoms with van der Waals surface area (Å²) in [6, 6.07) is 3.85. The number of aryl methyl sites for hydroxylation is 1. The van der Waals surface area contributed by atoms with Crippen molar-refractivity contribution in [3.8, 4) is 0 Å². The molecule has 5 N–H and O–H groups in total. The van der Waals surface area contributed by atoms with Gasteiger partial charge >= 0.3 is 5.97 Å². The highest BCUT2D eigenvalue weighted by Crippen LogP contribution is 2.56. The minimum absolute atomic E-state index is 0.207. The van der Waals surface area contributed by atoms with Crippen LogP contribution in [0, 0.1) is 24.7 Å². The highest BCUT2D eigenvalue weighted by molar-refractivity contribution is 5.67. The SMILES string of the molecule is CC(=O)OC1C(O)CN1c1cc(Nc2cc(C)[nH]n2)nc(NC2C3CC4CC2CC(O)(C4)C3)n1. The van der Waals surface area contributed by atoms with E-state index >= 15 is 0 Å². The Kier molecular flexibility index (Phi) is 4.96. The molecule has 0 amide bonds. The first-order valence-corrected chi connectivity index (χ1v) is 12.0. The third kappa shape index (κ3) is 3.86. The predicted molar refractivity (Wildman–Crippen MR) is 123 cm³/mol. The number of β-amino-alcohol motifs (C(OH)–C–C–N with tert-alkyl or cyclic N) is 1. The number of esters is 1. The molecule has 4 saturated carbocycles. The Morgan fingerprint density at radius 1 is 1.21 bits per heavy atom. The van der Waals surface area contributed by atoms with E-state index in [1.165, 1.54) is 6.92 Å². The molecule has 5 fully saturated rings. The molecule has 1 saturated heterocycles. The molecule has 2 aromatic rings. The van der Waals surface area contributed by atoms with E-state index in [9.17, 15) is 15.0 Å². The Hall–Kier alpha value is -2.92. The summed E-state index contributed by atoms with van der Waals surface area (Å²) in [5.41, 5.74) is 0.412. The summed E-state index contributed by atoms with van der Waals surface area (Å²) in [4.78, 5) is 22.7. The van der Waals surface area contributed by atoms with Gasteiger partial charge in [-0.2, -0.15) is 15.1 Å². The van der Waals surface area contributed by atoms with E-state index in [0.717, 1.165) is 37.8 Å². The summed E-state index contributed by atoms with van der Waals surface area (Å²) in [7, 11) is 0. The molecule has 4 atom stereocenters. The standard InChI is InChI=1S/C23H31N7O4/c1-11-3-18(29-28-11)24-17-6-19(30-10-16(32)21(30)34-12(2)31)26-22(25-17)27-20-14-4-13-5-15(20)9-23(33,7-13)8-14/h3,6,13-16,20-21,32-33H,4-5,7-10H2,1-2H3,(H3,24,25,26,27,28,29). The molecule has 4 unspecified atom stereocenters. The molecule has 2 aromatic heterocycles. The van der Waals surface area contributed by atoms with Crippen LogP contribution < -0.4 is 15.5 Å². The zero-order valence-electron chi connectivity index (χ0n) is 19.4. The van der Waals surface area contributed by atoms with Crippen LogP contribution in [0.5, 0.6) is 0 Å². The minimum atomic E-state index is -0.781. The number of hydrogen-bond donors (Lipinski definition) is 5. The number of aromatic nitrogens is 4. The lowest BCUT2D eigenvalue weighted by Gasteiger charge is -2.58. The van der Waals surface area contributed by atoms with Crippen molar-refractivity contribution in [1.29, 1.82) is 0 Å². The van der Waals surface area contributed by atoms with Crippen molar-refractivity contribution in [2.24, 2.45) is 17.8 Å². The van der Waals surface area contributed by atoms with Gasteiger partial charge in [-0.3, -0.25) is 9.89 Å². The largest absolute Gasteiger partial charge is 0.439 e. The minimum Gasteiger partial charge on any atom is -0.439 e. The number of rotatable bonds is 6. The molecule has 7 rings (SSSR count). The number of aliphatic hydroxyl groups excluding tert-OH is 1. The summed E-state index contributed by atoms with van der Waals surface area (Å²) in [6.07, 6.45) is 3.28. The summed E-state index contributed by atoms with van der Waals surface area (Å²) >= 11 is 0. The third-order valence-electron chi connectivity index (χ3n) is 7.81. The summed E-state index contributed by atoms with van der Waals surface area (Å²) in [5.74, 6) is 3.14. The van der Waals surface area contributed by atoms with E-state index in [2.05, 4.69) is 20.8 Å². The first kappa shape index (κ1) is 21.6. The number of anilines is 4.